The lowest BCUT2D eigenvalue weighted by molar-refractivity contribution is -0.139. The smallest absolute Gasteiger partial charge is 0.326 e. The summed E-state index contributed by atoms with van der Waals surface area (Å²) in [5.41, 5.74) is 0.281. The van der Waals surface area contributed by atoms with E-state index in [9.17, 15) is 14.7 Å². The van der Waals surface area contributed by atoms with Crippen LogP contribution in [0.5, 0.6) is 5.75 Å². The molecule has 2 heterocycles. The molecule has 20 heavy (non-hydrogen) atoms. The van der Waals surface area contributed by atoms with Crippen LogP contribution < -0.4 is 5.32 Å². The minimum Gasteiger partial charge on any atom is -0.505 e. The standard InChI is InChI=1S/C12H12N4O4/c17-9-2-1-3-14-10(9)11(18)16-8(12(19)20)4-7-5-13-6-15-7/h1-3,5-6,8,17H,4H2,(H,13,15)(H,16,18)(H,19,20)/t8-/m0/s1. The lowest BCUT2D eigenvalue weighted by Gasteiger charge is -2.13. The zero-order valence-corrected chi connectivity index (χ0v) is 10.3. The van der Waals surface area contributed by atoms with Crippen molar-refractivity contribution in [3.8, 4) is 5.75 Å². The fourth-order valence-corrected chi connectivity index (χ4v) is 1.61. The number of carbonyl (C=O) groups is 2. The highest BCUT2D eigenvalue weighted by atomic mass is 16.4. The van der Waals surface area contributed by atoms with Gasteiger partial charge in [0.05, 0.1) is 12.0 Å². The second-order valence-corrected chi connectivity index (χ2v) is 4.00. The number of aromatic hydroxyl groups is 1. The van der Waals surface area contributed by atoms with Crippen LogP contribution in [0.25, 0.3) is 0 Å². The van der Waals surface area contributed by atoms with E-state index in [2.05, 4.69) is 20.3 Å². The molecule has 0 unspecified atom stereocenters. The molecule has 0 aliphatic rings. The van der Waals surface area contributed by atoms with Crippen molar-refractivity contribution in [2.45, 2.75) is 12.5 Å². The van der Waals surface area contributed by atoms with Crippen LogP contribution in [-0.4, -0.2) is 43.1 Å². The normalized spacial score (nSPS) is 11.8. The number of rotatable bonds is 5. The lowest BCUT2D eigenvalue weighted by Crippen LogP contribution is -2.42. The second kappa shape index (κ2) is 5.83. The van der Waals surface area contributed by atoms with E-state index in [0.717, 1.165) is 0 Å². The van der Waals surface area contributed by atoms with Crippen molar-refractivity contribution in [1.82, 2.24) is 20.3 Å². The fourth-order valence-electron chi connectivity index (χ4n) is 1.61. The van der Waals surface area contributed by atoms with Crippen LogP contribution in [0.2, 0.25) is 0 Å². The van der Waals surface area contributed by atoms with E-state index >= 15 is 0 Å². The molecule has 0 bridgehead atoms. The molecule has 2 aromatic heterocycles. The van der Waals surface area contributed by atoms with E-state index in [1.165, 1.54) is 24.7 Å². The molecule has 0 aliphatic carbocycles. The van der Waals surface area contributed by atoms with Crippen LogP contribution in [-0.2, 0) is 11.2 Å². The maximum Gasteiger partial charge on any atom is 0.326 e. The van der Waals surface area contributed by atoms with Crippen LogP contribution in [0, 0.1) is 0 Å². The number of pyridine rings is 1. The largest absolute Gasteiger partial charge is 0.505 e. The number of nitrogens with zero attached hydrogens (tertiary/aromatic N) is 2. The summed E-state index contributed by atoms with van der Waals surface area (Å²) in [5.74, 6) is -2.27. The Morgan fingerprint density at radius 1 is 1.40 bits per heavy atom. The molecule has 0 fully saturated rings. The molecule has 0 saturated carbocycles. The number of carbonyl (C=O) groups excluding carboxylic acids is 1. The number of amides is 1. The van der Waals surface area contributed by atoms with Crippen LogP contribution in [0.4, 0.5) is 0 Å². The number of nitrogens with one attached hydrogen (secondary N) is 2. The molecule has 1 amide bonds. The summed E-state index contributed by atoms with van der Waals surface area (Å²) in [6.45, 7) is 0. The summed E-state index contributed by atoms with van der Waals surface area (Å²) in [6, 6.07) is 1.60. The summed E-state index contributed by atoms with van der Waals surface area (Å²) in [4.78, 5) is 33.3. The Balaban J connectivity index is 2.10. The minimum absolute atomic E-state index is 0.0260. The van der Waals surface area contributed by atoms with Gasteiger partial charge in [-0.1, -0.05) is 0 Å². The number of aliphatic carboxylic acids is 1. The predicted octanol–water partition coefficient (Wildman–Crippen LogP) is -0.0640. The third-order valence-corrected chi connectivity index (χ3v) is 2.57. The van der Waals surface area contributed by atoms with E-state index in [4.69, 9.17) is 5.11 Å². The van der Waals surface area contributed by atoms with Gasteiger partial charge in [0.25, 0.3) is 5.91 Å². The van der Waals surface area contributed by atoms with Gasteiger partial charge in [-0.15, -0.1) is 0 Å². The number of aromatic nitrogens is 3. The minimum atomic E-state index is -1.20. The molecule has 8 heteroatoms. The van der Waals surface area contributed by atoms with Crippen molar-refractivity contribution < 1.29 is 19.8 Å². The molecular weight excluding hydrogens is 264 g/mol. The van der Waals surface area contributed by atoms with Crippen molar-refractivity contribution in [1.29, 1.82) is 0 Å². The van der Waals surface area contributed by atoms with Crippen LogP contribution >= 0.6 is 0 Å². The van der Waals surface area contributed by atoms with Crippen LogP contribution in [0.15, 0.2) is 30.9 Å². The Kier molecular flexibility index (Phi) is 3.94. The summed E-state index contributed by atoms with van der Waals surface area (Å²) in [7, 11) is 0. The Hall–Kier alpha value is -2.90. The fraction of sp³-hybridized carbons (Fsp3) is 0.167. The molecule has 1 atom stereocenters. The first kappa shape index (κ1) is 13.5. The first-order chi connectivity index (χ1) is 9.58. The highest BCUT2D eigenvalue weighted by Crippen LogP contribution is 2.12. The maximum atomic E-state index is 11.9. The van der Waals surface area contributed by atoms with Gasteiger partial charge < -0.3 is 20.5 Å². The zero-order valence-electron chi connectivity index (χ0n) is 10.3. The van der Waals surface area contributed by atoms with E-state index in [0.29, 0.717) is 5.69 Å². The third kappa shape index (κ3) is 3.10. The van der Waals surface area contributed by atoms with Gasteiger partial charge in [-0.3, -0.25) is 4.79 Å². The molecule has 104 valence electrons. The predicted molar refractivity (Wildman–Crippen MR) is 67.1 cm³/mol. The number of carboxylic acids is 1. The molecule has 0 aliphatic heterocycles. The zero-order chi connectivity index (χ0) is 14.5. The van der Waals surface area contributed by atoms with Crippen LogP contribution in [0.3, 0.4) is 0 Å². The monoisotopic (exact) mass is 276 g/mol. The highest BCUT2D eigenvalue weighted by Gasteiger charge is 2.23. The van der Waals surface area contributed by atoms with Crippen molar-refractivity contribution in [3.05, 3.63) is 42.2 Å². The van der Waals surface area contributed by atoms with Gasteiger partial charge in [0.15, 0.2) is 5.69 Å². The van der Waals surface area contributed by atoms with Gasteiger partial charge in [0, 0.05) is 18.8 Å². The van der Waals surface area contributed by atoms with Gasteiger partial charge >= 0.3 is 5.97 Å². The lowest BCUT2D eigenvalue weighted by atomic mass is 10.1. The van der Waals surface area contributed by atoms with Crippen molar-refractivity contribution in [2.24, 2.45) is 0 Å². The molecule has 2 rings (SSSR count). The quantitative estimate of drug-likeness (QED) is 0.605. The van der Waals surface area contributed by atoms with Crippen molar-refractivity contribution >= 4 is 11.9 Å². The van der Waals surface area contributed by atoms with E-state index in [-0.39, 0.29) is 17.9 Å². The molecule has 2 aromatic rings. The molecular formula is C12H12N4O4. The van der Waals surface area contributed by atoms with Crippen LogP contribution in [0.1, 0.15) is 16.2 Å². The van der Waals surface area contributed by atoms with Crippen molar-refractivity contribution in [2.75, 3.05) is 0 Å². The number of aromatic amines is 1. The molecule has 0 radical (unpaired) electrons. The first-order valence-corrected chi connectivity index (χ1v) is 5.73. The number of hydrogen-bond donors (Lipinski definition) is 4. The van der Waals surface area contributed by atoms with E-state index in [1.807, 2.05) is 0 Å². The molecule has 4 N–H and O–H groups in total. The SMILES string of the molecule is O=C(N[C@@H](Cc1c[nH]cn1)C(=O)O)c1ncccc1O. The Morgan fingerprint density at radius 3 is 2.80 bits per heavy atom. The molecule has 0 aromatic carbocycles. The average molecular weight is 276 g/mol. The number of H-pyrrole nitrogens is 1. The third-order valence-electron chi connectivity index (χ3n) is 2.57. The second-order valence-electron chi connectivity index (χ2n) is 4.00. The van der Waals surface area contributed by atoms with Gasteiger partial charge in [-0.25, -0.2) is 14.8 Å². The van der Waals surface area contributed by atoms with Crippen molar-refractivity contribution in [3.63, 3.8) is 0 Å². The van der Waals surface area contributed by atoms with Gasteiger partial charge in [-0.05, 0) is 12.1 Å². The topological polar surface area (TPSA) is 128 Å². The summed E-state index contributed by atoms with van der Waals surface area (Å²) in [5, 5.41) is 20.9. The average Bonchev–Trinajstić information content (AvgIpc) is 2.91. The molecule has 8 nitrogen and oxygen atoms in total. The summed E-state index contributed by atoms with van der Waals surface area (Å²) >= 11 is 0. The molecule has 0 spiro atoms. The summed E-state index contributed by atoms with van der Waals surface area (Å²) in [6.07, 6.45) is 4.32. The van der Waals surface area contributed by atoms with E-state index in [1.54, 1.807) is 6.20 Å². The van der Waals surface area contributed by atoms with E-state index < -0.39 is 17.9 Å². The van der Waals surface area contributed by atoms with Gasteiger partial charge in [0.2, 0.25) is 0 Å². The van der Waals surface area contributed by atoms with Gasteiger partial charge in [-0.2, -0.15) is 0 Å². The maximum absolute atomic E-state index is 11.9. The number of carboxylic acid groups (broad SMARTS) is 1. The molecule has 0 saturated heterocycles. The Bertz CT molecular complexity index is 612. The Labute approximate surface area is 113 Å². The van der Waals surface area contributed by atoms with Gasteiger partial charge in [0.1, 0.15) is 11.8 Å². The number of hydrogen-bond acceptors (Lipinski definition) is 5. The number of imidazole rings is 1. The summed E-state index contributed by atoms with van der Waals surface area (Å²) < 4.78 is 0. The highest BCUT2D eigenvalue weighted by molar-refractivity contribution is 5.97. The Morgan fingerprint density at radius 2 is 2.20 bits per heavy atom. The first-order valence-electron chi connectivity index (χ1n) is 5.73.